The number of hydrogen-bond acceptors (Lipinski definition) is 3. The maximum Gasteiger partial charge on any atom is 0.233 e. The molecule has 0 aliphatic heterocycles. The molecule has 1 aromatic heterocycles. The van der Waals surface area contributed by atoms with Crippen LogP contribution < -0.4 is 5.32 Å². The standard InChI is InChI=1S/C16H17FN2OS/c1-11(13-6-8-14(17)9-7-13)19-16(20)12(2)21-15-5-3-4-10-18-15/h3-12H,1-2H3,(H,19,20)/t11-,12-/m0/s1. The number of pyridine rings is 1. The second kappa shape index (κ2) is 7.22. The number of nitrogens with one attached hydrogen (secondary N) is 1. The van der Waals surface area contributed by atoms with E-state index in [1.165, 1.54) is 23.9 Å². The Labute approximate surface area is 128 Å². The number of benzene rings is 1. The number of aromatic nitrogens is 1. The highest BCUT2D eigenvalue weighted by Crippen LogP contribution is 2.21. The summed E-state index contributed by atoms with van der Waals surface area (Å²) in [6.07, 6.45) is 1.70. The Balaban J connectivity index is 1.92. The molecule has 0 radical (unpaired) electrons. The van der Waals surface area contributed by atoms with Gasteiger partial charge in [-0.05, 0) is 43.7 Å². The van der Waals surface area contributed by atoms with Gasteiger partial charge in [0.05, 0.1) is 16.3 Å². The number of hydrogen-bond donors (Lipinski definition) is 1. The number of rotatable bonds is 5. The fraction of sp³-hybridized carbons (Fsp3) is 0.250. The Kier molecular flexibility index (Phi) is 5.33. The van der Waals surface area contributed by atoms with Crippen molar-refractivity contribution in [3.63, 3.8) is 0 Å². The molecule has 0 unspecified atom stereocenters. The van der Waals surface area contributed by atoms with Crippen LogP contribution in [-0.4, -0.2) is 16.1 Å². The first-order valence-electron chi connectivity index (χ1n) is 6.70. The minimum atomic E-state index is -0.281. The molecule has 2 rings (SSSR count). The van der Waals surface area contributed by atoms with E-state index in [1.807, 2.05) is 32.0 Å². The topological polar surface area (TPSA) is 42.0 Å². The van der Waals surface area contributed by atoms with Crippen molar-refractivity contribution in [2.45, 2.75) is 30.2 Å². The fourth-order valence-corrected chi connectivity index (χ4v) is 2.63. The smallest absolute Gasteiger partial charge is 0.233 e. The van der Waals surface area contributed by atoms with Gasteiger partial charge in [0.25, 0.3) is 0 Å². The summed E-state index contributed by atoms with van der Waals surface area (Å²) in [5, 5.41) is 3.49. The molecule has 0 saturated carbocycles. The van der Waals surface area contributed by atoms with Gasteiger partial charge in [-0.2, -0.15) is 0 Å². The number of thioether (sulfide) groups is 1. The van der Waals surface area contributed by atoms with E-state index in [9.17, 15) is 9.18 Å². The molecule has 0 fully saturated rings. The molecule has 0 aliphatic carbocycles. The molecular weight excluding hydrogens is 287 g/mol. The van der Waals surface area contributed by atoms with Crippen molar-refractivity contribution in [3.8, 4) is 0 Å². The van der Waals surface area contributed by atoms with E-state index >= 15 is 0 Å². The van der Waals surface area contributed by atoms with Crippen LogP contribution in [0.5, 0.6) is 0 Å². The van der Waals surface area contributed by atoms with Crippen LogP contribution in [0.1, 0.15) is 25.5 Å². The third-order valence-corrected chi connectivity index (χ3v) is 4.08. The Morgan fingerprint density at radius 3 is 2.52 bits per heavy atom. The molecule has 1 amide bonds. The molecule has 21 heavy (non-hydrogen) atoms. The molecule has 0 spiro atoms. The van der Waals surface area contributed by atoms with Crippen molar-refractivity contribution >= 4 is 17.7 Å². The number of halogens is 1. The lowest BCUT2D eigenvalue weighted by Crippen LogP contribution is -2.33. The summed E-state index contributed by atoms with van der Waals surface area (Å²) in [6.45, 7) is 3.72. The second-order valence-electron chi connectivity index (χ2n) is 4.71. The molecule has 3 nitrogen and oxygen atoms in total. The molecular formula is C16H17FN2OS. The zero-order valence-electron chi connectivity index (χ0n) is 11.9. The van der Waals surface area contributed by atoms with E-state index in [0.29, 0.717) is 0 Å². The molecule has 0 aliphatic rings. The lowest BCUT2D eigenvalue weighted by Gasteiger charge is -2.17. The zero-order valence-corrected chi connectivity index (χ0v) is 12.7. The average molecular weight is 304 g/mol. The number of nitrogens with zero attached hydrogens (tertiary/aromatic N) is 1. The Bertz CT molecular complexity index is 589. The Hall–Kier alpha value is -1.88. The van der Waals surface area contributed by atoms with Crippen molar-refractivity contribution in [1.82, 2.24) is 10.3 Å². The highest BCUT2D eigenvalue weighted by Gasteiger charge is 2.17. The van der Waals surface area contributed by atoms with Gasteiger partial charge in [-0.3, -0.25) is 4.79 Å². The first-order chi connectivity index (χ1) is 10.1. The van der Waals surface area contributed by atoms with Gasteiger partial charge in [0.15, 0.2) is 0 Å². The second-order valence-corrected chi connectivity index (χ2v) is 6.07. The first kappa shape index (κ1) is 15.5. The largest absolute Gasteiger partial charge is 0.349 e. The van der Waals surface area contributed by atoms with E-state index in [0.717, 1.165) is 10.6 Å². The van der Waals surface area contributed by atoms with Gasteiger partial charge >= 0.3 is 0 Å². The highest BCUT2D eigenvalue weighted by molar-refractivity contribution is 8.00. The lowest BCUT2D eigenvalue weighted by molar-refractivity contribution is -0.120. The van der Waals surface area contributed by atoms with E-state index in [1.54, 1.807) is 18.3 Å². The van der Waals surface area contributed by atoms with Crippen LogP contribution in [0.15, 0.2) is 53.7 Å². The molecule has 5 heteroatoms. The monoisotopic (exact) mass is 304 g/mol. The predicted molar refractivity (Wildman–Crippen MR) is 82.5 cm³/mol. The zero-order chi connectivity index (χ0) is 15.2. The molecule has 1 N–H and O–H groups in total. The third-order valence-electron chi connectivity index (χ3n) is 3.03. The van der Waals surface area contributed by atoms with Crippen molar-refractivity contribution in [2.24, 2.45) is 0 Å². The first-order valence-corrected chi connectivity index (χ1v) is 7.58. The van der Waals surface area contributed by atoms with Gasteiger partial charge in [0.2, 0.25) is 5.91 Å². The lowest BCUT2D eigenvalue weighted by atomic mass is 10.1. The summed E-state index contributed by atoms with van der Waals surface area (Å²) in [7, 11) is 0. The molecule has 2 atom stereocenters. The SMILES string of the molecule is C[C@H](Sc1ccccn1)C(=O)N[C@@H](C)c1ccc(F)cc1. The summed E-state index contributed by atoms with van der Waals surface area (Å²) in [4.78, 5) is 16.4. The van der Waals surface area contributed by atoms with Crippen LogP contribution in [0.2, 0.25) is 0 Å². The summed E-state index contributed by atoms with van der Waals surface area (Å²) < 4.78 is 12.9. The van der Waals surface area contributed by atoms with Gasteiger partial charge in [0.1, 0.15) is 5.82 Å². The number of carbonyl (C=O) groups is 1. The summed E-state index contributed by atoms with van der Waals surface area (Å²) in [5.74, 6) is -0.348. The fourth-order valence-electron chi connectivity index (χ4n) is 1.82. The van der Waals surface area contributed by atoms with Gasteiger partial charge in [-0.1, -0.05) is 30.0 Å². The maximum absolute atomic E-state index is 12.9. The molecule has 1 heterocycles. The van der Waals surface area contributed by atoms with Crippen LogP contribution in [0.3, 0.4) is 0 Å². The summed E-state index contributed by atoms with van der Waals surface area (Å²) in [5.41, 5.74) is 0.875. The molecule has 1 aromatic carbocycles. The summed E-state index contributed by atoms with van der Waals surface area (Å²) >= 11 is 1.41. The minimum absolute atomic E-state index is 0.0671. The van der Waals surface area contributed by atoms with E-state index in [4.69, 9.17) is 0 Å². The minimum Gasteiger partial charge on any atom is -0.349 e. The van der Waals surface area contributed by atoms with Gasteiger partial charge in [-0.15, -0.1) is 0 Å². The van der Waals surface area contributed by atoms with Crippen LogP contribution in [0.25, 0.3) is 0 Å². The van der Waals surface area contributed by atoms with E-state index < -0.39 is 0 Å². The Morgan fingerprint density at radius 2 is 1.90 bits per heavy atom. The van der Waals surface area contributed by atoms with Gasteiger partial charge in [0, 0.05) is 6.20 Å². The quantitative estimate of drug-likeness (QED) is 0.859. The van der Waals surface area contributed by atoms with Crippen LogP contribution in [-0.2, 0) is 4.79 Å². The van der Waals surface area contributed by atoms with Crippen LogP contribution >= 0.6 is 11.8 Å². The molecule has 0 saturated heterocycles. The van der Waals surface area contributed by atoms with Crippen LogP contribution in [0.4, 0.5) is 4.39 Å². The van der Waals surface area contributed by atoms with E-state index in [-0.39, 0.29) is 23.0 Å². The number of amides is 1. The normalized spacial score (nSPS) is 13.5. The predicted octanol–water partition coefficient (Wildman–Crippen LogP) is 3.58. The summed E-state index contributed by atoms with van der Waals surface area (Å²) in [6, 6.07) is 11.6. The average Bonchev–Trinajstić information content (AvgIpc) is 2.48. The van der Waals surface area contributed by atoms with Gasteiger partial charge < -0.3 is 5.32 Å². The van der Waals surface area contributed by atoms with Crippen molar-refractivity contribution < 1.29 is 9.18 Å². The Morgan fingerprint density at radius 1 is 1.19 bits per heavy atom. The van der Waals surface area contributed by atoms with Crippen LogP contribution in [0, 0.1) is 5.82 Å². The highest BCUT2D eigenvalue weighted by atomic mass is 32.2. The molecule has 2 aromatic rings. The maximum atomic E-state index is 12.9. The van der Waals surface area contributed by atoms with Gasteiger partial charge in [-0.25, -0.2) is 9.37 Å². The molecule has 110 valence electrons. The molecule has 0 bridgehead atoms. The number of carbonyl (C=O) groups excluding carboxylic acids is 1. The van der Waals surface area contributed by atoms with Crippen molar-refractivity contribution in [1.29, 1.82) is 0 Å². The third kappa shape index (κ3) is 4.56. The van der Waals surface area contributed by atoms with Crippen molar-refractivity contribution in [3.05, 3.63) is 60.0 Å². The van der Waals surface area contributed by atoms with E-state index in [2.05, 4.69) is 10.3 Å². The van der Waals surface area contributed by atoms with Crippen molar-refractivity contribution in [2.75, 3.05) is 0 Å².